The predicted octanol–water partition coefficient (Wildman–Crippen LogP) is 3.28. The summed E-state index contributed by atoms with van der Waals surface area (Å²) in [6, 6.07) is 7.47. The normalized spacial score (nSPS) is 26.3. The number of carbonyl (C=O) groups excluding carboxylic acids is 2. The fourth-order valence-electron chi connectivity index (χ4n) is 4.94. The highest BCUT2D eigenvalue weighted by Crippen LogP contribution is 2.28. The third-order valence-corrected chi connectivity index (χ3v) is 6.66. The first-order chi connectivity index (χ1) is 13.2. The molecule has 0 aromatic heterocycles. The second-order valence-corrected chi connectivity index (χ2v) is 8.45. The number of hydrogen-bond donors (Lipinski definition) is 2. The molecule has 2 atom stereocenters. The van der Waals surface area contributed by atoms with E-state index >= 15 is 0 Å². The minimum absolute atomic E-state index is 0.0942. The Bertz CT molecular complexity index is 670. The van der Waals surface area contributed by atoms with Gasteiger partial charge in [-0.2, -0.15) is 0 Å². The number of hydrogen-bond acceptors (Lipinski definition) is 3. The van der Waals surface area contributed by atoms with Crippen molar-refractivity contribution in [2.24, 2.45) is 17.8 Å². The van der Waals surface area contributed by atoms with Crippen molar-refractivity contribution < 1.29 is 9.59 Å². The summed E-state index contributed by atoms with van der Waals surface area (Å²) in [5.74, 6) is 1.75. The Hall–Kier alpha value is -1.88. The topological polar surface area (TPSA) is 61.4 Å². The standard InChI is InChI=1S/C22H31N3O2/c26-21(16-5-2-1-3-6-16)24-20-8-4-7-17(13-20)22(27)25-11-9-18-14-23-15-19(18)10-12-25/h4,7-8,13,16,18-19,23H,1-3,5-6,9-12,14-15H2,(H,24,26)/t18-,19+. The second-order valence-electron chi connectivity index (χ2n) is 8.45. The lowest BCUT2D eigenvalue weighted by Gasteiger charge is -2.22. The van der Waals surface area contributed by atoms with E-state index in [0.717, 1.165) is 70.4 Å². The van der Waals surface area contributed by atoms with Crippen LogP contribution in [0, 0.1) is 17.8 Å². The van der Waals surface area contributed by atoms with Crippen LogP contribution in [0.5, 0.6) is 0 Å². The van der Waals surface area contributed by atoms with Crippen molar-refractivity contribution in [1.82, 2.24) is 10.2 Å². The molecule has 2 saturated heterocycles. The van der Waals surface area contributed by atoms with Gasteiger partial charge in [-0.1, -0.05) is 25.3 Å². The maximum absolute atomic E-state index is 13.0. The molecule has 2 N–H and O–H groups in total. The van der Waals surface area contributed by atoms with Gasteiger partial charge in [0, 0.05) is 30.3 Å². The lowest BCUT2D eigenvalue weighted by atomic mass is 9.88. The van der Waals surface area contributed by atoms with E-state index < -0.39 is 0 Å². The van der Waals surface area contributed by atoms with Crippen LogP contribution >= 0.6 is 0 Å². The van der Waals surface area contributed by atoms with Crippen LogP contribution in [0.1, 0.15) is 55.3 Å². The molecule has 0 unspecified atom stereocenters. The van der Waals surface area contributed by atoms with Gasteiger partial charge in [0.15, 0.2) is 0 Å². The molecule has 5 heteroatoms. The van der Waals surface area contributed by atoms with Crippen LogP contribution in [0.2, 0.25) is 0 Å². The number of nitrogens with zero attached hydrogens (tertiary/aromatic N) is 1. The zero-order valence-corrected chi connectivity index (χ0v) is 16.1. The number of fused-ring (bicyclic) bond motifs is 1. The zero-order valence-electron chi connectivity index (χ0n) is 16.1. The Kier molecular flexibility index (Phi) is 5.77. The first kappa shape index (κ1) is 18.5. The molecule has 0 spiro atoms. The third-order valence-electron chi connectivity index (χ3n) is 6.66. The quantitative estimate of drug-likeness (QED) is 0.860. The van der Waals surface area contributed by atoms with Gasteiger partial charge in [0.1, 0.15) is 0 Å². The molecule has 2 aliphatic heterocycles. The SMILES string of the molecule is O=C(Nc1cccc(C(=O)N2CC[C@@H]3CNC[C@@H]3CC2)c1)C1CCCCC1. The summed E-state index contributed by atoms with van der Waals surface area (Å²) in [5.41, 5.74) is 1.42. The van der Waals surface area contributed by atoms with Crippen molar-refractivity contribution in [1.29, 1.82) is 0 Å². The Morgan fingerprint density at radius 1 is 0.963 bits per heavy atom. The molecule has 1 aromatic carbocycles. The largest absolute Gasteiger partial charge is 0.339 e. The molecular weight excluding hydrogens is 338 g/mol. The molecule has 3 aliphatic rings. The summed E-state index contributed by atoms with van der Waals surface area (Å²) in [4.78, 5) is 27.5. The zero-order chi connectivity index (χ0) is 18.6. The highest BCUT2D eigenvalue weighted by Gasteiger charge is 2.31. The summed E-state index contributed by atoms with van der Waals surface area (Å²) in [7, 11) is 0. The first-order valence-electron chi connectivity index (χ1n) is 10.6. The molecule has 1 aromatic rings. The van der Waals surface area contributed by atoms with Crippen LogP contribution in [0.4, 0.5) is 5.69 Å². The molecule has 4 rings (SSSR count). The van der Waals surface area contributed by atoms with Gasteiger partial charge in [-0.3, -0.25) is 9.59 Å². The average molecular weight is 370 g/mol. The molecule has 0 radical (unpaired) electrons. The number of likely N-dealkylation sites (tertiary alicyclic amines) is 1. The highest BCUT2D eigenvalue weighted by molar-refractivity contribution is 5.97. The van der Waals surface area contributed by atoms with E-state index in [1.54, 1.807) is 0 Å². The minimum Gasteiger partial charge on any atom is -0.339 e. The number of amides is 2. The number of rotatable bonds is 3. The number of carbonyl (C=O) groups is 2. The summed E-state index contributed by atoms with van der Waals surface area (Å²) in [5, 5.41) is 6.51. The third kappa shape index (κ3) is 4.34. The van der Waals surface area contributed by atoms with E-state index in [1.807, 2.05) is 29.2 Å². The number of nitrogens with one attached hydrogen (secondary N) is 2. The van der Waals surface area contributed by atoms with Crippen molar-refractivity contribution in [3.63, 3.8) is 0 Å². The summed E-state index contributed by atoms with van der Waals surface area (Å²) < 4.78 is 0. The van der Waals surface area contributed by atoms with Crippen molar-refractivity contribution in [3.05, 3.63) is 29.8 Å². The molecule has 27 heavy (non-hydrogen) atoms. The molecule has 5 nitrogen and oxygen atoms in total. The second kappa shape index (κ2) is 8.42. The maximum Gasteiger partial charge on any atom is 0.253 e. The summed E-state index contributed by atoms with van der Waals surface area (Å²) in [6.07, 6.45) is 7.65. The van der Waals surface area contributed by atoms with Gasteiger partial charge in [-0.05, 0) is 68.8 Å². The van der Waals surface area contributed by atoms with Gasteiger partial charge < -0.3 is 15.5 Å². The molecule has 1 saturated carbocycles. The van der Waals surface area contributed by atoms with Crippen molar-refractivity contribution in [3.8, 4) is 0 Å². The van der Waals surface area contributed by atoms with Crippen LogP contribution in [0.25, 0.3) is 0 Å². The van der Waals surface area contributed by atoms with Gasteiger partial charge in [-0.25, -0.2) is 0 Å². The van der Waals surface area contributed by atoms with Crippen molar-refractivity contribution in [2.75, 3.05) is 31.5 Å². The first-order valence-corrected chi connectivity index (χ1v) is 10.6. The van der Waals surface area contributed by atoms with Gasteiger partial charge in [0.2, 0.25) is 5.91 Å². The van der Waals surface area contributed by atoms with Crippen LogP contribution < -0.4 is 10.6 Å². The predicted molar refractivity (Wildman–Crippen MR) is 107 cm³/mol. The fourth-order valence-corrected chi connectivity index (χ4v) is 4.94. The van der Waals surface area contributed by atoms with Crippen molar-refractivity contribution >= 4 is 17.5 Å². The Balaban J connectivity index is 1.39. The van der Waals surface area contributed by atoms with Crippen LogP contribution in [0.15, 0.2) is 24.3 Å². The van der Waals surface area contributed by atoms with Gasteiger partial charge in [0.05, 0.1) is 0 Å². The van der Waals surface area contributed by atoms with Gasteiger partial charge in [-0.15, -0.1) is 0 Å². The van der Waals surface area contributed by atoms with Gasteiger partial charge >= 0.3 is 0 Å². The lowest BCUT2D eigenvalue weighted by Crippen LogP contribution is -2.32. The molecule has 1 aliphatic carbocycles. The van der Waals surface area contributed by atoms with E-state index in [0.29, 0.717) is 17.4 Å². The van der Waals surface area contributed by atoms with Crippen molar-refractivity contribution in [2.45, 2.75) is 44.9 Å². The average Bonchev–Trinajstić information content (AvgIpc) is 3.06. The van der Waals surface area contributed by atoms with Gasteiger partial charge in [0.25, 0.3) is 5.91 Å². The van der Waals surface area contributed by atoms with Crippen LogP contribution in [-0.4, -0.2) is 42.9 Å². The summed E-state index contributed by atoms with van der Waals surface area (Å²) >= 11 is 0. The summed E-state index contributed by atoms with van der Waals surface area (Å²) in [6.45, 7) is 3.85. The van der Waals surface area contributed by atoms with Crippen LogP contribution in [0.3, 0.4) is 0 Å². The molecule has 0 bridgehead atoms. The molecular formula is C22H31N3O2. The van der Waals surface area contributed by atoms with E-state index in [4.69, 9.17) is 0 Å². The fraction of sp³-hybridized carbons (Fsp3) is 0.636. The minimum atomic E-state index is 0.0942. The van der Waals surface area contributed by atoms with Crippen LogP contribution in [-0.2, 0) is 4.79 Å². The molecule has 2 amide bonds. The smallest absolute Gasteiger partial charge is 0.253 e. The molecule has 146 valence electrons. The Morgan fingerprint density at radius 3 is 2.37 bits per heavy atom. The number of anilines is 1. The Labute approximate surface area is 161 Å². The van der Waals surface area contributed by atoms with E-state index in [-0.39, 0.29) is 17.7 Å². The highest BCUT2D eigenvalue weighted by atomic mass is 16.2. The molecule has 3 fully saturated rings. The molecule has 2 heterocycles. The Morgan fingerprint density at radius 2 is 1.67 bits per heavy atom. The van der Waals surface area contributed by atoms with E-state index in [2.05, 4.69) is 10.6 Å². The lowest BCUT2D eigenvalue weighted by molar-refractivity contribution is -0.120. The van der Waals surface area contributed by atoms with E-state index in [9.17, 15) is 9.59 Å². The maximum atomic E-state index is 13.0. The number of benzene rings is 1. The van der Waals surface area contributed by atoms with E-state index in [1.165, 1.54) is 6.42 Å². The monoisotopic (exact) mass is 369 g/mol.